The molecule has 2 fully saturated rings. The summed E-state index contributed by atoms with van der Waals surface area (Å²) in [5, 5.41) is 0. The van der Waals surface area contributed by atoms with Gasteiger partial charge >= 0.3 is 0 Å². The quantitative estimate of drug-likeness (QED) is 0.511. The Hall–Kier alpha value is -2.87. The molecular formula is C25H25F2N3O2S. The van der Waals surface area contributed by atoms with Crippen LogP contribution in [-0.2, 0) is 17.2 Å². The Labute approximate surface area is 194 Å². The first-order valence-electron chi connectivity index (χ1n) is 11.1. The maximum Gasteiger partial charge on any atom is 0.225 e. The normalized spacial score (nSPS) is 22.2. The van der Waals surface area contributed by atoms with Gasteiger partial charge in [-0.15, -0.1) is 0 Å². The Kier molecular flexibility index (Phi) is 5.86. The van der Waals surface area contributed by atoms with Gasteiger partial charge in [-0.3, -0.25) is 4.21 Å². The molecule has 1 aliphatic carbocycles. The van der Waals surface area contributed by atoms with Crippen molar-refractivity contribution in [3.05, 3.63) is 66.0 Å². The molecule has 0 N–H and O–H groups in total. The van der Waals surface area contributed by atoms with E-state index in [9.17, 15) is 13.0 Å². The summed E-state index contributed by atoms with van der Waals surface area (Å²) in [4.78, 5) is 11.7. The molecule has 0 spiro atoms. The molecule has 0 bridgehead atoms. The molecule has 2 heterocycles. The number of hydrogen-bond acceptors (Lipinski definition) is 5. The summed E-state index contributed by atoms with van der Waals surface area (Å²) in [5.74, 6) is 0.141. The van der Waals surface area contributed by atoms with Crippen molar-refractivity contribution < 1.29 is 17.7 Å². The van der Waals surface area contributed by atoms with Gasteiger partial charge in [-0.05, 0) is 59.2 Å². The second-order valence-electron chi connectivity index (χ2n) is 8.70. The Morgan fingerprint density at radius 2 is 1.64 bits per heavy atom. The highest BCUT2D eigenvalue weighted by Gasteiger charge is 2.56. The third-order valence-electron chi connectivity index (χ3n) is 6.69. The van der Waals surface area contributed by atoms with E-state index in [1.165, 1.54) is 12.1 Å². The van der Waals surface area contributed by atoms with E-state index in [1.807, 2.05) is 12.4 Å². The van der Waals surface area contributed by atoms with Crippen LogP contribution in [0.4, 0.5) is 14.7 Å². The number of ether oxygens (including phenoxy) is 1. The van der Waals surface area contributed by atoms with Crippen LogP contribution in [0.15, 0.2) is 53.7 Å². The van der Waals surface area contributed by atoms with E-state index < -0.39 is 22.4 Å². The average molecular weight is 470 g/mol. The van der Waals surface area contributed by atoms with E-state index in [1.54, 1.807) is 30.5 Å². The average Bonchev–Trinajstić information content (AvgIpc) is 3.26. The van der Waals surface area contributed by atoms with E-state index in [4.69, 9.17) is 4.74 Å². The summed E-state index contributed by atoms with van der Waals surface area (Å²) in [7, 11) is -1.10. The van der Waals surface area contributed by atoms with Crippen molar-refractivity contribution in [2.45, 2.75) is 18.2 Å². The molecule has 3 aromatic rings. The molecule has 2 aliphatic rings. The number of rotatable bonds is 7. The van der Waals surface area contributed by atoms with Crippen molar-refractivity contribution >= 4 is 16.7 Å². The number of fused-ring (bicyclic) bond motifs is 1. The zero-order chi connectivity index (χ0) is 23.1. The number of anilines is 1. The van der Waals surface area contributed by atoms with Gasteiger partial charge in [0, 0.05) is 53.4 Å². The molecule has 33 heavy (non-hydrogen) atoms. The number of aromatic nitrogens is 2. The highest BCUT2D eigenvalue weighted by Crippen LogP contribution is 2.52. The van der Waals surface area contributed by atoms with Gasteiger partial charge in [-0.1, -0.05) is 19.1 Å². The van der Waals surface area contributed by atoms with Crippen molar-refractivity contribution in [1.29, 1.82) is 0 Å². The summed E-state index contributed by atoms with van der Waals surface area (Å²) in [5.41, 5.74) is 2.18. The predicted octanol–water partition coefficient (Wildman–Crippen LogP) is 4.48. The smallest absolute Gasteiger partial charge is 0.225 e. The fourth-order valence-corrected chi connectivity index (χ4v) is 5.16. The van der Waals surface area contributed by atoms with Gasteiger partial charge in [-0.2, -0.15) is 0 Å². The van der Waals surface area contributed by atoms with Gasteiger partial charge in [0.15, 0.2) is 17.4 Å². The molecule has 1 saturated heterocycles. The molecule has 1 saturated carbocycles. The van der Waals surface area contributed by atoms with Gasteiger partial charge in [0.1, 0.15) is 0 Å². The molecule has 5 rings (SSSR count). The van der Waals surface area contributed by atoms with Gasteiger partial charge in [0.25, 0.3) is 0 Å². The summed E-state index contributed by atoms with van der Waals surface area (Å²) < 4.78 is 46.5. The molecule has 2 aromatic carbocycles. The highest BCUT2D eigenvalue weighted by molar-refractivity contribution is 7.84. The Morgan fingerprint density at radius 1 is 1.03 bits per heavy atom. The van der Waals surface area contributed by atoms with Crippen LogP contribution in [0.2, 0.25) is 0 Å². The van der Waals surface area contributed by atoms with Crippen LogP contribution in [0.3, 0.4) is 0 Å². The van der Waals surface area contributed by atoms with Crippen LogP contribution in [0.25, 0.3) is 11.1 Å². The largest absolute Gasteiger partial charge is 0.487 e. The minimum absolute atomic E-state index is 0.289. The number of hydrogen-bond donors (Lipinski definition) is 0. The predicted molar refractivity (Wildman–Crippen MR) is 124 cm³/mol. The van der Waals surface area contributed by atoms with Gasteiger partial charge < -0.3 is 9.64 Å². The first-order chi connectivity index (χ1) is 15.9. The molecular weight excluding hydrogens is 444 g/mol. The number of halogens is 2. The molecule has 3 unspecified atom stereocenters. The lowest BCUT2D eigenvalue weighted by Gasteiger charge is -2.20. The maximum atomic E-state index is 14.7. The van der Waals surface area contributed by atoms with Crippen molar-refractivity contribution in [3.63, 3.8) is 0 Å². The van der Waals surface area contributed by atoms with E-state index in [0.717, 1.165) is 31.0 Å². The topological polar surface area (TPSA) is 55.3 Å². The molecule has 3 atom stereocenters. The van der Waals surface area contributed by atoms with Crippen LogP contribution >= 0.6 is 0 Å². The maximum absolute atomic E-state index is 14.7. The number of nitrogens with zero attached hydrogens (tertiary/aromatic N) is 3. The number of benzene rings is 2. The first kappa shape index (κ1) is 21.9. The molecule has 5 nitrogen and oxygen atoms in total. The Bertz CT molecular complexity index is 1150. The zero-order valence-electron chi connectivity index (χ0n) is 18.5. The summed E-state index contributed by atoms with van der Waals surface area (Å²) in [6.45, 7) is 4.04. The van der Waals surface area contributed by atoms with Crippen LogP contribution in [-0.4, -0.2) is 40.1 Å². The Morgan fingerprint density at radius 3 is 2.18 bits per heavy atom. The SMILES string of the molecule is CCc1cnc(N2CC3C(COc4c(F)cc(-c5ccc(S(C)=O)cc5)cc4F)C3C2)nc1. The van der Waals surface area contributed by atoms with E-state index >= 15 is 0 Å². The van der Waals surface area contributed by atoms with Gasteiger partial charge in [0.05, 0.1) is 6.61 Å². The lowest BCUT2D eigenvalue weighted by atomic mass is 10.1. The van der Waals surface area contributed by atoms with E-state index in [0.29, 0.717) is 34.5 Å². The lowest BCUT2D eigenvalue weighted by molar-refractivity contribution is 0.257. The van der Waals surface area contributed by atoms with Gasteiger partial charge in [0.2, 0.25) is 5.95 Å². The second kappa shape index (κ2) is 8.82. The van der Waals surface area contributed by atoms with Crippen molar-refractivity contribution in [3.8, 4) is 16.9 Å². The second-order valence-corrected chi connectivity index (χ2v) is 10.1. The summed E-state index contributed by atoms with van der Waals surface area (Å²) in [6, 6.07) is 9.38. The highest BCUT2D eigenvalue weighted by atomic mass is 32.2. The van der Waals surface area contributed by atoms with Crippen LogP contribution < -0.4 is 9.64 Å². The minimum atomic E-state index is -1.10. The van der Waals surface area contributed by atoms with Gasteiger partial charge in [-0.25, -0.2) is 18.7 Å². The van der Waals surface area contributed by atoms with Crippen LogP contribution in [0, 0.1) is 29.4 Å². The third-order valence-corrected chi connectivity index (χ3v) is 7.63. The van der Waals surface area contributed by atoms with E-state index in [2.05, 4.69) is 21.8 Å². The summed E-state index contributed by atoms with van der Waals surface area (Å²) in [6.07, 6.45) is 6.22. The lowest BCUT2D eigenvalue weighted by Crippen LogP contribution is -2.27. The number of piperidine rings is 1. The third kappa shape index (κ3) is 4.36. The molecule has 0 amide bonds. The Balaban J connectivity index is 1.19. The fraction of sp³-hybridized carbons (Fsp3) is 0.360. The van der Waals surface area contributed by atoms with E-state index in [-0.39, 0.29) is 11.7 Å². The standard InChI is InChI=1S/C25H25F2N3O2S/c1-3-15-10-28-25(29-11-15)30-12-19-20(13-30)21(19)14-32-24-22(26)8-17(9-23(24)27)16-4-6-18(7-5-16)33(2)31/h4-11,19-21H,3,12-14H2,1-2H3. The van der Waals surface area contributed by atoms with Crippen molar-refractivity contribution in [1.82, 2.24) is 9.97 Å². The minimum Gasteiger partial charge on any atom is -0.487 e. The van der Waals surface area contributed by atoms with Crippen molar-refractivity contribution in [2.75, 3.05) is 30.9 Å². The molecule has 8 heteroatoms. The van der Waals surface area contributed by atoms with Crippen molar-refractivity contribution in [2.24, 2.45) is 17.8 Å². The monoisotopic (exact) mass is 469 g/mol. The van der Waals surface area contributed by atoms with Crippen LogP contribution in [0.5, 0.6) is 5.75 Å². The molecule has 0 radical (unpaired) electrons. The number of aryl methyl sites for hydroxylation is 1. The van der Waals surface area contributed by atoms with Crippen LogP contribution in [0.1, 0.15) is 12.5 Å². The fourth-order valence-electron chi connectivity index (χ4n) is 4.64. The first-order valence-corrected chi connectivity index (χ1v) is 12.6. The molecule has 172 valence electrons. The molecule has 1 aromatic heterocycles. The zero-order valence-corrected chi connectivity index (χ0v) is 19.3. The molecule has 1 aliphatic heterocycles. The summed E-state index contributed by atoms with van der Waals surface area (Å²) >= 11 is 0.